The van der Waals surface area contributed by atoms with Gasteiger partial charge in [0.25, 0.3) is 0 Å². The number of halogens is 1. The molecule has 2 atom stereocenters. The number of methoxy groups -OCH3 is 1. The summed E-state index contributed by atoms with van der Waals surface area (Å²) < 4.78 is 32.2. The molecule has 1 heterocycles. The van der Waals surface area contributed by atoms with Crippen molar-refractivity contribution in [1.82, 2.24) is 4.72 Å². The fourth-order valence-electron chi connectivity index (χ4n) is 2.25. The van der Waals surface area contributed by atoms with Crippen molar-refractivity contribution in [3.05, 3.63) is 14.7 Å². The zero-order valence-corrected chi connectivity index (χ0v) is 14.6. The van der Waals surface area contributed by atoms with Crippen LogP contribution in [0.1, 0.15) is 35.4 Å². The van der Waals surface area contributed by atoms with Crippen molar-refractivity contribution in [2.75, 3.05) is 7.11 Å². The Morgan fingerprint density at radius 3 is 2.76 bits per heavy atom. The van der Waals surface area contributed by atoms with E-state index in [9.17, 15) is 18.3 Å². The number of esters is 1. The average molecular weight is 398 g/mol. The fraction of sp³-hybridized carbons (Fsp3) is 0.583. The Balaban J connectivity index is 2.23. The SMILES string of the molecule is COC(=O)c1cc(S(=O)(=O)N[C@@H]2CCCC[C@H]2O)c(Br)s1. The number of aliphatic hydroxyl groups is 1. The molecule has 0 aromatic carbocycles. The lowest BCUT2D eigenvalue weighted by atomic mass is 9.93. The molecule has 1 aliphatic carbocycles. The summed E-state index contributed by atoms with van der Waals surface area (Å²) in [5.74, 6) is -0.583. The van der Waals surface area contributed by atoms with E-state index in [0.717, 1.165) is 24.2 Å². The minimum absolute atomic E-state index is 0.00864. The second-order valence-corrected chi connectivity index (χ2v) is 8.87. The first kappa shape index (κ1) is 16.9. The summed E-state index contributed by atoms with van der Waals surface area (Å²) in [7, 11) is -2.56. The van der Waals surface area contributed by atoms with Crippen LogP contribution >= 0.6 is 27.3 Å². The van der Waals surface area contributed by atoms with E-state index in [2.05, 4.69) is 25.4 Å². The van der Waals surface area contributed by atoms with E-state index in [1.165, 1.54) is 13.2 Å². The van der Waals surface area contributed by atoms with Gasteiger partial charge >= 0.3 is 5.97 Å². The quantitative estimate of drug-likeness (QED) is 0.756. The Morgan fingerprint density at radius 1 is 1.48 bits per heavy atom. The Kier molecular flexibility index (Phi) is 5.42. The highest BCUT2D eigenvalue weighted by Gasteiger charge is 2.30. The van der Waals surface area contributed by atoms with Gasteiger partial charge in [-0.3, -0.25) is 0 Å². The van der Waals surface area contributed by atoms with Crippen LogP contribution in [0.4, 0.5) is 0 Å². The van der Waals surface area contributed by atoms with Gasteiger partial charge in [0.05, 0.1) is 17.0 Å². The van der Waals surface area contributed by atoms with Crippen LogP contribution in [0.2, 0.25) is 0 Å². The van der Waals surface area contributed by atoms with Gasteiger partial charge in [-0.15, -0.1) is 11.3 Å². The smallest absolute Gasteiger partial charge is 0.348 e. The zero-order chi connectivity index (χ0) is 15.6. The highest BCUT2D eigenvalue weighted by molar-refractivity contribution is 9.11. The maximum Gasteiger partial charge on any atom is 0.348 e. The zero-order valence-electron chi connectivity index (χ0n) is 11.3. The predicted octanol–water partition coefficient (Wildman–Crippen LogP) is 1.88. The van der Waals surface area contributed by atoms with Crippen molar-refractivity contribution >= 4 is 43.3 Å². The van der Waals surface area contributed by atoms with Crippen LogP contribution in [0.5, 0.6) is 0 Å². The third-order valence-corrected chi connectivity index (χ3v) is 7.09. The second kappa shape index (κ2) is 6.74. The Hall–Kier alpha value is -0.480. The van der Waals surface area contributed by atoms with Gasteiger partial charge in [0.15, 0.2) is 0 Å². The summed E-state index contributed by atoms with van der Waals surface area (Å²) in [6, 6.07) is 0.787. The van der Waals surface area contributed by atoms with Crippen LogP contribution in [-0.4, -0.2) is 38.7 Å². The van der Waals surface area contributed by atoms with Crippen LogP contribution in [-0.2, 0) is 14.8 Å². The third-order valence-electron chi connectivity index (χ3n) is 3.37. The lowest BCUT2D eigenvalue weighted by Gasteiger charge is -2.27. The number of rotatable bonds is 4. The number of sulfonamides is 1. The Morgan fingerprint density at radius 2 is 2.14 bits per heavy atom. The lowest BCUT2D eigenvalue weighted by molar-refractivity contribution is 0.0606. The largest absolute Gasteiger partial charge is 0.465 e. The van der Waals surface area contributed by atoms with Gasteiger partial charge in [-0.2, -0.15) is 0 Å². The molecule has 0 saturated heterocycles. The maximum atomic E-state index is 12.4. The summed E-state index contributed by atoms with van der Waals surface area (Å²) in [5, 5.41) is 9.87. The first-order valence-electron chi connectivity index (χ1n) is 6.43. The van der Waals surface area contributed by atoms with Crippen molar-refractivity contribution in [3.8, 4) is 0 Å². The summed E-state index contributed by atoms with van der Waals surface area (Å²) in [5.41, 5.74) is 0. The number of nitrogens with one attached hydrogen (secondary N) is 1. The van der Waals surface area contributed by atoms with E-state index in [1.54, 1.807) is 0 Å². The first-order valence-corrected chi connectivity index (χ1v) is 9.52. The molecule has 0 aliphatic heterocycles. The monoisotopic (exact) mass is 397 g/mol. The number of thiophene rings is 1. The van der Waals surface area contributed by atoms with Gasteiger partial charge in [-0.1, -0.05) is 12.8 Å². The third kappa shape index (κ3) is 3.84. The normalized spacial score (nSPS) is 23.0. The van der Waals surface area contributed by atoms with E-state index in [0.29, 0.717) is 16.6 Å². The summed E-state index contributed by atoms with van der Waals surface area (Å²) in [6.45, 7) is 0. The molecule has 1 aromatic rings. The van der Waals surface area contributed by atoms with Crippen molar-refractivity contribution in [2.45, 2.75) is 42.7 Å². The van der Waals surface area contributed by atoms with Crippen molar-refractivity contribution in [3.63, 3.8) is 0 Å². The molecule has 0 unspecified atom stereocenters. The fourth-order valence-corrected chi connectivity index (χ4v) is 6.03. The van der Waals surface area contributed by atoms with Crippen LogP contribution in [0.15, 0.2) is 14.7 Å². The summed E-state index contributed by atoms with van der Waals surface area (Å²) in [6.07, 6.45) is 2.29. The number of ether oxygens (including phenoxy) is 1. The van der Waals surface area contributed by atoms with Gasteiger partial charge in [-0.05, 0) is 34.8 Å². The Labute approximate surface area is 135 Å². The molecule has 0 amide bonds. The van der Waals surface area contributed by atoms with E-state index >= 15 is 0 Å². The van der Waals surface area contributed by atoms with Crippen LogP contribution < -0.4 is 4.72 Å². The predicted molar refractivity (Wildman–Crippen MR) is 81.9 cm³/mol. The van der Waals surface area contributed by atoms with Crippen LogP contribution in [0.3, 0.4) is 0 Å². The van der Waals surface area contributed by atoms with Crippen molar-refractivity contribution in [2.24, 2.45) is 0 Å². The number of carbonyl (C=O) groups is 1. The maximum absolute atomic E-state index is 12.4. The molecule has 1 saturated carbocycles. The topological polar surface area (TPSA) is 92.7 Å². The van der Waals surface area contributed by atoms with Gasteiger partial charge in [0, 0.05) is 6.04 Å². The molecule has 6 nitrogen and oxygen atoms in total. The molecule has 0 radical (unpaired) electrons. The van der Waals surface area contributed by atoms with Crippen LogP contribution in [0.25, 0.3) is 0 Å². The number of hydrogen-bond acceptors (Lipinski definition) is 6. The van der Waals surface area contributed by atoms with E-state index in [4.69, 9.17) is 0 Å². The molecule has 1 aromatic heterocycles. The summed E-state index contributed by atoms with van der Waals surface area (Å²) >= 11 is 4.16. The van der Waals surface area contributed by atoms with Gasteiger partial charge in [0.1, 0.15) is 9.77 Å². The minimum Gasteiger partial charge on any atom is -0.465 e. The Bertz CT molecular complexity index is 628. The van der Waals surface area contributed by atoms with E-state index in [-0.39, 0.29) is 9.77 Å². The lowest BCUT2D eigenvalue weighted by Crippen LogP contribution is -2.44. The van der Waals surface area contributed by atoms with Crippen molar-refractivity contribution < 1.29 is 23.1 Å². The van der Waals surface area contributed by atoms with Crippen LogP contribution in [0, 0.1) is 0 Å². The molecule has 2 N–H and O–H groups in total. The molecule has 2 rings (SSSR count). The molecule has 21 heavy (non-hydrogen) atoms. The molecular weight excluding hydrogens is 382 g/mol. The molecule has 1 aliphatic rings. The molecule has 0 bridgehead atoms. The number of carbonyl (C=O) groups excluding carboxylic acids is 1. The molecule has 9 heteroatoms. The van der Waals surface area contributed by atoms with Crippen molar-refractivity contribution in [1.29, 1.82) is 0 Å². The minimum atomic E-state index is -3.80. The molecule has 118 valence electrons. The molecule has 1 fully saturated rings. The standard InChI is InChI=1S/C12H16BrNO5S2/c1-19-12(16)9-6-10(11(13)20-9)21(17,18)14-7-4-2-3-5-8(7)15/h6-8,14-15H,2-5H2,1H3/t7-,8-/m1/s1. The van der Waals surface area contributed by atoms with Gasteiger partial charge in [-0.25, -0.2) is 17.9 Å². The second-order valence-electron chi connectivity index (χ2n) is 4.82. The first-order chi connectivity index (χ1) is 9.85. The average Bonchev–Trinajstić information content (AvgIpc) is 2.83. The molecule has 0 spiro atoms. The number of hydrogen-bond donors (Lipinski definition) is 2. The van der Waals surface area contributed by atoms with Gasteiger partial charge < -0.3 is 9.84 Å². The highest BCUT2D eigenvalue weighted by atomic mass is 79.9. The van der Waals surface area contributed by atoms with Gasteiger partial charge in [0.2, 0.25) is 10.0 Å². The molecular formula is C12H16BrNO5S2. The highest BCUT2D eigenvalue weighted by Crippen LogP contribution is 2.32. The summed E-state index contributed by atoms with van der Waals surface area (Å²) in [4.78, 5) is 11.7. The van der Waals surface area contributed by atoms with E-state index < -0.39 is 28.1 Å². The number of aliphatic hydroxyl groups excluding tert-OH is 1. The van der Waals surface area contributed by atoms with E-state index in [1.807, 2.05) is 0 Å².